The maximum Gasteiger partial charge on any atom is 0.230 e. The molecule has 3 nitrogen and oxygen atoms in total. The lowest BCUT2D eigenvalue weighted by Crippen LogP contribution is -2.34. The first-order valence-corrected chi connectivity index (χ1v) is 9.01. The predicted molar refractivity (Wildman–Crippen MR) is 101 cm³/mol. The molecule has 3 rings (SSSR count). The Kier molecular flexibility index (Phi) is 6.26. The van der Waals surface area contributed by atoms with Crippen LogP contribution < -0.4 is 5.73 Å². The molecule has 2 N–H and O–H groups in total. The van der Waals surface area contributed by atoms with Crippen LogP contribution in [0.4, 0.5) is 0 Å². The van der Waals surface area contributed by atoms with Crippen molar-refractivity contribution in [2.75, 3.05) is 13.1 Å². The second-order valence-corrected chi connectivity index (χ2v) is 8.28. The first-order chi connectivity index (χ1) is 10.6. The zero-order chi connectivity index (χ0) is 15.7. The van der Waals surface area contributed by atoms with Gasteiger partial charge in [-0.15, -0.1) is 23.7 Å². The average Bonchev–Trinajstić information content (AvgIpc) is 3.13. The Morgan fingerprint density at radius 1 is 1.26 bits per heavy atom. The Morgan fingerprint density at radius 3 is 2.57 bits per heavy atom. The number of amides is 1. The summed E-state index contributed by atoms with van der Waals surface area (Å²) in [6, 6.07) is 14.3. The summed E-state index contributed by atoms with van der Waals surface area (Å²) in [5, 5.41) is 0. The fraction of sp³-hybridized carbons (Fsp3) is 0.353. The SMILES string of the molecule is CC(C(=O)N1C[C@@H](N)[C@H](c2ccccc2)C1)c1ccc(Br)s1.Cl. The number of hydrogen-bond acceptors (Lipinski definition) is 3. The van der Waals surface area contributed by atoms with Crippen molar-refractivity contribution >= 4 is 45.6 Å². The second kappa shape index (κ2) is 7.79. The molecule has 2 aromatic rings. The van der Waals surface area contributed by atoms with Crippen LogP contribution in [0.1, 0.15) is 29.2 Å². The van der Waals surface area contributed by atoms with E-state index in [2.05, 4.69) is 28.1 Å². The van der Waals surface area contributed by atoms with Crippen LogP contribution in [0.2, 0.25) is 0 Å². The Balaban J connectivity index is 0.00000192. The monoisotopic (exact) mass is 414 g/mol. The number of benzene rings is 1. The zero-order valence-corrected chi connectivity index (χ0v) is 16.0. The summed E-state index contributed by atoms with van der Waals surface area (Å²) in [5.41, 5.74) is 7.50. The molecule has 23 heavy (non-hydrogen) atoms. The summed E-state index contributed by atoms with van der Waals surface area (Å²) in [6.07, 6.45) is 0. The molecule has 1 aromatic carbocycles. The number of carbonyl (C=O) groups is 1. The van der Waals surface area contributed by atoms with E-state index in [4.69, 9.17) is 5.73 Å². The largest absolute Gasteiger partial charge is 0.340 e. The predicted octanol–water partition coefficient (Wildman–Crippen LogP) is 3.99. The molecule has 6 heteroatoms. The lowest BCUT2D eigenvalue weighted by atomic mass is 9.95. The minimum Gasteiger partial charge on any atom is -0.340 e. The van der Waals surface area contributed by atoms with E-state index in [1.807, 2.05) is 42.2 Å². The lowest BCUT2D eigenvalue weighted by Gasteiger charge is -2.20. The number of carbonyl (C=O) groups excluding carboxylic acids is 1. The molecule has 1 fully saturated rings. The van der Waals surface area contributed by atoms with Gasteiger partial charge in [0.05, 0.1) is 9.70 Å². The van der Waals surface area contributed by atoms with Crippen LogP contribution in [0.15, 0.2) is 46.3 Å². The van der Waals surface area contributed by atoms with Crippen LogP contribution in [0.25, 0.3) is 0 Å². The number of halogens is 2. The van der Waals surface area contributed by atoms with E-state index in [0.29, 0.717) is 13.1 Å². The third-order valence-electron chi connectivity index (χ3n) is 4.30. The van der Waals surface area contributed by atoms with Gasteiger partial charge in [0.1, 0.15) is 0 Å². The van der Waals surface area contributed by atoms with Gasteiger partial charge in [-0.1, -0.05) is 30.3 Å². The molecule has 2 heterocycles. The van der Waals surface area contributed by atoms with Gasteiger partial charge in [-0.3, -0.25) is 4.79 Å². The molecular formula is C17H20BrClN2OS. The third-order valence-corrected chi connectivity index (χ3v) is 6.10. The van der Waals surface area contributed by atoms with E-state index >= 15 is 0 Å². The highest BCUT2D eigenvalue weighted by molar-refractivity contribution is 9.11. The first-order valence-electron chi connectivity index (χ1n) is 7.41. The van der Waals surface area contributed by atoms with Crippen LogP contribution in [0.3, 0.4) is 0 Å². The van der Waals surface area contributed by atoms with E-state index < -0.39 is 0 Å². The molecule has 1 unspecified atom stereocenters. The van der Waals surface area contributed by atoms with Gasteiger partial charge in [0.15, 0.2) is 0 Å². The molecule has 1 aromatic heterocycles. The standard InChI is InChI=1S/C17H19BrN2OS.ClH/c1-11(15-7-8-16(18)22-15)17(21)20-9-13(14(19)10-20)12-5-3-2-4-6-12;/h2-8,11,13-14H,9-10,19H2,1H3;1H/t11?,13-,14+;/m0./s1. The van der Waals surface area contributed by atoms with E-state index in [9.17, 15) is 4.79 Å². The molecule has 124 valence electrons. The summed E-state index contributed by atoms with van der Waals surface area (Å²) < 4.78 is 1.06. The topological polar surface area (TPSA) is 46.3 Å². The maximum atomic E-state index is 12.7. The number of thiophene rings is 1. The van der Waals surface area contributed by atoms with Crippen molar-refractivity contribution in [3.8, 4) is 0 Å². The van der Waals surface area contributed by atoms with Crippen molar-refractivity contribution in [3.05, 3.63) is 56.7 Å². The summed E-state index contributed by atoms with van der Waals surface area (Å²) in [4.78, 5) is 15.7. The lowest BCUT2D eigenvalue weighted by molar-refractivity contribution is -0.131. The van der Waals surface area contributed by atoms with Gasteiger partial charge in [0.2, 0.25) is 5.91 Å². The minimum absolute atomic E-state index is 0. The summed E-state index contributed by atoms with van der Waals surface area (Å²) >= 11 is 5.08. The number of hydrogen-bond donors (Lipinski definition) is 1. The highest BCUT2D eigenvalue weighted by atomic mass is 79.9. The number of nitrogens with two attached hydrogens (primary N) is 1. The third kappa shape index (κ3) is 3.97. The zero-order valence-electron chi connectivity index (χ0n) is 12.8. The van der Waals surface area contributed by atoms with Gasteiger partial charge in [0.25, 0.3) is 0 Å². The Bertz CT molecular complexity index is 664. The number of rotatable bonds is 3. The maximum absolute atomic E-state index is 12.7. The van der Waals surface area contributed by atoms with Crippen molar-refractivity contribution in [1.82, 2.24) is 4.90 Å². The molecule has 0 bridgehead atoms. The molecule has 0 radical (unpaired) electrons. The van der Waals surface area contributed by atoms with E-state index in [0.717, 1.165) is 8.66 Å². The highest BCUT2D eigenvalue weighted by Gasteiger charge is 2.35. The second-order valence-electron chi connectivity index (χ2n) is 5.79. The van der Waals surface area contributed by atoms with E-state index in [-0.39, 0.29) is 36.2 Å². The Morgan fingerprint density at radius 2 is 1.96 bits per heavy atom. The molecular weight excluding hydrogens is 396 g/mol. The van der Waals surface area contributed by atoms with Gasteiger partial charge in [-0.2, -0.15) is 0 Å². The van der Waals surface area contributed by atoms with Crippen molar-refractivity contribution in [3.63, 3.8) is 0 Å². The molecule has 1 aliphatic rings. The smallest absolute Gasteiger partial charge is 0.230 e. The van der Waals surface area contributed by atoms with E-state index in [1.165, 1.54) is 5.56 Å². The van der Waals surface area contributed by atoms with Gasteiger partial charge < -0.3 is 10.6 Å². The Labute approximate surface area is 155 Å². The molecule has 0 saturated carbocycles. The van der Waals surface area contributed by atoms with Crippen LogP contribution in [-0.2, 0) is 4.79 Å². The van der Waals surface area contributed by atoms with Crippen LogP contribution in [-0.4, -0.2) is 29.9 Å². The molecule has 1 saturated heterocycles. The van der Waals surface area contributed by atoms with Crippen molar-refractivity contribution < 1.29 is 4.79 Å². The quantitative estimate of drug-likeness (QED) is 0.824. The summed E-state index contributed by atoms with van der Waals surface area (Å²) in [5.74, 6) is 0.286. The van der Waals surface area contributed by atoms with Crippen LogP contribution in [0, 0.1) is 0 Å². The van der Waals surface area contributed by atoms with Crippen LogP contribution >= 0.6 is 39.7 Å². The van der Waals surface area contributed by atoms with Gasteiger partial charge in [-0.25, -0.2) is 0 Å². The highest BCUT2D eigenvalue weighted by Crippen LogP contribution is 2.32. The minimum atomic E-state index is -0.113. The normalized spacial score (nSPS) is 21.8. The van der Waals surface area contributed by atoms with Crippen molar-refractivity contribution in [2.24, 2.45) is 5.73 Å². The average molecular weight is 416 g/mol. The summed E-state index contributed by atoms with van der Waals surface area (Å²) in [6.45, 7) is 3.32. The Hall–Kier alpha value is -0.880. The first kappa shape index (κ1) is 18.5. The van der Waals surface area contributed by atoms with Crippen molar-refractivity contribution in [2.45, 2.75) is 24.8 Å². The summed E-state index contributed by atoms with van der Waals surface area (Å²) in [7, 11) is 0. The number of likely N-dealkylation sites (tertiary alicyclic amines) is 1. The molecule has 1 amide bonds. The van der Waals surface area contributed by atoms with Crippen LogP contribution in [0.5, 0.6) is 0 Å². The van der Waals surface area contributed by atoms with Gasteiger partial charge in [0, 0.05) is 29.9 Å². The number of nitrogens with zero attached hydrogens (tertiary/aromatic N) is 1. The van der Waals surface area contributed by atoms with E-state index in [1.54, 1.807) is 11.3 Å². The fourth-order valence-corrected chi connectivity index (χ4v) is 4.49. The molecule has 0 aliphatic carbocycles. The van der Waals surface area contributed by atoms with Gasteiger partial charge in [-0.05, 0) is 40.5 Å². The molecule has 3 atom stereocenters. The molecule has 0 spiro atoms. The van der Waals surface area contributed by atoms with Crippen molar-refractivity contribution in [1.29, 1.82) is 0 Å². The molecule has 1 aliphatic heterocycles. The van der Waals surface area contributed by atoms with Gasteiger partial charge >= 0.3 is 0 Å². The fourth-order valence-electron chi connectivity index (χ4n) is 3.02.